The second-order valence-electron chi connectivity index (χ2n) is 6.73. The van der Waals surface area contributed by atoms with E-state index in [1.807, 2.05) is 36.1 Å². The van der Waals surface area contributed by atoms with Gasteiger partial charge < -0.3 is 9.80 Å². The molecular formula is C20H18F3N3OS. The maximum atomic E-state index is 13.0. The van der Waals surface area contributed by atoms with Crippen LogP contribution in [0.4, 0.5) is 19.0 Å². The quantitative estimate of drug-likeness (QED) is 0.626. The Balaban J connectivity index is 1.45. The molecule has 28 heavy (non-hydrogen) atoms. The van der Waals surface area contributed by atoms with Crippen molar-refractivity contribution in [3.8, 4) is 0 Å². The highest BCUT2D eigenvalue weighted by Crippen LogP contribution is 2.32. The molecule has 3 aromatic rings. The zero-order chi connectivity index (χ0) is 19.9. The summed E-state index contributed by atoms with van der Waals surface area (Å²) in [5.74, 6) is 0.511. The molecule has 146 valence electrons. The molecule has 3 heterocycles. The summed E-state index contributed by atoms with van der Waals surface area (Å²) < 4.78 is 39.1. The number of carbonyl (C=O) groups is 1. The molecule has 0 unspecified atom stereocenters. The van der Waals surface area contributed by atoms with Gasteiger partial charge in [0.25, 0.3) is 5.91 Å². The van der Waals surface area contributed by atoms with Gasteiger partial charge in [0.2, 0.25) is 0 Å². The summed E-state index contributed by atoms with van der Waals surface area (Å²) in [4.78, 5) is 21.4. The van der Waals surface area contributed by atoms with E-state index in [9.17, 15) is 18.0 Å². The van der Waals surface area contributed by atoms with E-state index in [2.05, 4.69) is 4.98 Å². The number of aryl methyl sites for hydroxylation is 1. The van der Waals surface area contributed by atoms with Gasteiger partial charge in [0.15, 0.2) is 0 Å². The topological polar surface area (TPSA) is 36.4 Å². The Bertz CT molecular complexity index is 1010. The normalized spacial score (nSPS) is 15.3. The molecule has 0 saturated carbocycles. The minimum Gasteiger partial charge on any atom is -0.353 e. The fourth-order valence-corrected chi connectivity index (χ4v) is 4.58. The van der Waals surface area contributed by atoms with Crippen LogP contribution >= 0.6 is 11.3 Å². The third-order valence-electron chi connectivity index (χ3n) is 5.00. The van der Waals surface area contributed by atoms with E-state index in [1.54, 1.807) is 4.90 Å². The van der Waals surface area contributed by atoms with E-state index < -0.39 is 11.7 Å². The number of piperazine rings is 1. The predicted molar refractivity (Wildman–Crippen MR) is 104 cm³/mol. The zero-order valence-electron chi connectivity index (χ0n) is 15.2. The van der Waals surface area contributed by atoms with Gasteiger partial charge in [0, 0.05) is 37.1 Å². The van der Waals surface area contributed by atoms with E-state index in [4.69, 9.17) is 0 Å². The molecule has 1 aromatic carbocycles. The zero-order valence-corrected chi connectivity index (χ0v) is 16.0. The van der Waals surface area contributed by atoms with Gasteiger partial charge in [-0.05, 0) is 36.1 Å². The fourth-order valence-electron chi connectivity index (χ4n) is 3.40. The molecule has 1 fully saturated rings. The van der Waals surface area contributed by atoms with Crippen LogP contribution in [0.5, 0.6) is 0 Å². The molecular weight excluding hydrogens is 387 g/mol. The smallest absolute Gasteiger partial charge is 0.353 e. The van der Waals surface area contributed by atoms with Gasteiger partial charge in [0.05, 0.1) is 10.4 Å². The molecule has 1 saturated heterocycles. The van der Waals surface area contributed by atoms with Gasteiger partial charge in [-0.25, -0.2) is 4.98 Å². The third-order valence-corrected chi connectivity index (χ3v) is 6.26. The van der Waals surface area contributed by atoms with Crippen LogP contribution in [0.1, 0.15) is 20.8 Å². The lowest BCUT2D eigenvalue weighted by atomic mass is 10.1. The van der Waals surface area contributed by atoms with Crippen molar-refractivity contribution in [3.05, 3.63) is 58.6 Å². The summed E-state index contributed by atoms with van der Waals surface area (Å²) in [5.41, 5.74) is 0.239. The van der Waals surface area contributed by atoms with Crippen LogP contribution in [0.15, 0.2) is 42.6 Å². The number of benzene rings is 1. The van der Waals surface area contributed by atoms with Crippen molar-refractivity contribution in [2.24, 2.45) is 0 Å². The molecule has 0 radical (unpaired) electrons. The number of carbonyl (C=O) groups excluding carboxylic acids is 1. The number of aromatic nitrogens is 1. The molecule has 0 atom stereocenters. The highest BCUT2D eigenvalue weighted by atomic mass is 32.1. The summed E-state index contributed by atoms with van der Waals surface area (Å²) in [6.45, 7) is 4.06. The largest absolute Gasteiger partial charge is 0.417 e. The molecule has 1 aliphatic rings. The Kier molecular flexibility index (Phi) is 4.74. The molecule has 0 bridgehead atoms. The summed E-state index contributed by atoms with van der Waals surface area (Å²) in [6, 6.07) is 10.4. The summed E-state index contributed by atoms with van der Waals surface area (Å²) in [6.07, 6.45) is -3.54. The van der Waals surface area contributed by atoms with E-state index >= 15 is 0 Å². The number of rotatable bonds is 2. The van der Waals surface area contributed by atoms with Gasteiger partial charge in [-0.15, -0.1) is 11.3 Å². The monoisotopic (exact) mass is 405 g/mol. The Morgan fingerprint density at radius 3 is 2.39 bits per heavy atom. The minimum absolute atomic E-state index is 0.0127. The van der Waals surface area contributed by atoms with Gasteiger partial charge in [-0.3, -0.25) is 4.79 Å². The van der Waals surface area contributed by atoms with Crippen LogP contribution in [0.25, 0.3) is 10.1 Å². The maximum Gasteiger partial charge on any atom is 0.417 e. The maximum absolute atomic E-state index is 13.0. The summed E-state index contributed by atoms with van der Waals surface area (Å²) in [7, 11) is 0. The van der Waals surface area contributed by atoms with E-state index in [1.165, 1.54) is 17.4 Å². The number of halogens is 3. The fraction of sp³-hybridized carbons (Fsp3) is 0.300. The summed E-state index contributed by atoms with van der Waals surface area (Å²) in [5, 5.41) is 1.10. The van der Waals surface area contributed by atoms with E-state index in [-0.39, 0.29) is 5.91 Å². The molecule has 0 aliphatic carbocycles. The van der Waals surface area contributed by atoms with Gasteiger partial charge in [-0.1, -0.05) is 18.2 Å². The standard InChI is InChI=1S/C20H18F3N3OS/c1-13-15-4-2-3-5-16(15)28-18(13)19(27)26-10-8-25(9-11-26)17-7-6-14(12-24-17)20(21,22)23/h2-7,12H,8-11H2,1H3. The van der Waals surface area contributed by atoms with Crippen molar-refractivity contribution in [1.82, 2.24) is 9.88 Å². The number of amides is 1. The first-order valence-electron chi connectivity index (χ1n) is 8.90. The average molecular weight is 405 g/mol. The van der Waals surface area contributed by atoms with E-state index in [0.29, 0.717) is 32.0 Å². The Morgan fingerprint density at radius 1 is 1.07 bits per heavy atom. The molecule has 0 N–H and O–H groups in total. The Hall–Kier alpha value is -2.61. The number of thiophene rings is 1. The minimum atomic E-state index is -4.39. The second kappa shape index (κ2) is 7.09. The number of hydrogen-bond acceptors (Lipinski definition) is 4. The van der Waals surface area contributed by atoms with Gasteiger partial charge >= 0.3 is 6.18 Å². The predicted octanol–water partition coefficient (Wildman–Crippen LogP) is 4.59. The molecule has 1 aliphatic heterocycles. The Labute approximate surface area is 164 Å². The van der Waals surface area contributed by atoms with Crippen molar-refractivity contribution in [3.63, 3.8) is 0 Å². The van der Waals surface area contributed by atoms with Crippen LogP contribution in [-0.2, 0) is 6.18 Å². The molecule has 4 nitrogen and oxygen atoms in total. The van der Waals surface area contributed by atoms with Crippen LogP contribution in [0.3, 0.4) is 0 Å². The first-order valence-corrected chi connectivity index (χ1v) is 9.72. The number of pyridine rings is 1. The lowest BCUT2D eigenvalue weighted by Gasteiger charge is -2.35. The Morgan fingerprint density at radius 2 is 1.79 bits per heavy atom. The first kappa shape index (κ1) is 18.7. The highest BCUT2D eigenvalue weighted by molar-refractivity contribution is 7.21. The number of hydrogen-bond donors (Lipinski definition) is 0. The van der Waals surface area contributed by atoms with Crippen LogP contribution in [0, 0.1) is 6.92 Å². The van der Waals surface area contributed by atoms with Gasteiger partial charge in [-0.2, -0.15) is 13.2 Å². The van der Waals surface area contributed by atoms with Crippen LogP contribution in [0.2, 0.25) is 0 Å². The van der Waals surface area contributed by atoms with Crippen molar-refractivity contribution < 1.29 is 18.0 Å². The lowest BCUT2D eigenvalue weighted by molar-refractivity contribution is -0.137. The molecule has 1 amide bonds. The SMILES string of the molecule is Cc1c(C(=O)N2CCN(c3ccc(C(F)(F)F)cn3)CC2)sc2ccccc12. The number of fused-ring (bicyclic) bond motifs is 1. The van der Waals surface area contributed by atoms with Crippen molar-refractivity contribution in [2.75, 3.05) is 31.1 Å². The average Bonchev–Trinajstić information content (AvgIpc) is 3.04. The van der Waals surface area contributed by atoms with Crippen molar-refractivity contribution in [1.29, 1.82) is 0 Å². The highest BCUT2D eigenvalue weighted by Gasteiger charge is 2.31. The van der Waals surface area contributed by atoms with Crippen molar-refractivity contribution in [2.45, 2.75) is 13.1 Å². The van der Waals surface area contributed by atoms with Crippen molar-refractivity contribution >= 4 is 33.1 Å². The van der Waals surface area contributed by atoms with Crippen LogP contribution < -0.4 is 4.90 Å². The number of nitrogens with zero attached hydrogens (tertiary/aromatic N) is 3. The first-order chi connectivity index (χ1) is 13.3. The number of anilines is 1. The third kappa shape index (κ3) is 3.44. The molecule has 4 rings (SSSR count). The lowest BCUT2D eigenvalue weighted by Crippen LogP contribution is -2.49. The summed E-state index contributed by atoms with van der Waals surface area (Å²) >= 11 is 1.50. The van der Waals surface area contributed by atoms with E-state index in [0.717, 1.165) is 32.8 Å². The van der Waals surface area contributed by atoms with Crippen LogP contribution in [-0.4, -0.2) is 42.0 Å². The molecule has 2 aromatic heterocycles. The molecule has 0 spiro atoms. The second-order valence-corrected chi connectivity index (χ2v) is 7.79. The van der Waals surface area contributed by atoms with Gasteiger partial charge in [0.1, 0.15) is 5.82 Å². The number of alkyl halides is 3. The molecule has 8 heteroatoms.